The van der Waals surface area contributed by atoms with Gasteiger partial charge in [-0.2, -0.15) is 0 Å². The van der Waals surface area contributed by atoms with Crippen LogP contribution in [0.4, 0.5) is 0 Å². The van der Waals surface area contributed by atoms with Gasteiger partial charge < -0.3 is 14.7 Å². The first-order valence-corrected chi connectivity index (χ1v) is 10.4. The molecule has 0 saturated carbocycles. The Bertz CT molecular complexity index is 798. The minimum atomic E-state index is -0.576. The van der Waals surface area contributed by atoms with Crippen LogP contribution in [0.1, 0.15) is 31.4 Å². The van der Waals surface area contributed by atoms with Crippen molar-refractivity contribution in [1.82, 2.24) is 4.90 Å². The van der Waals surface area contributed by atoms with Gasteiger partial charge in [-0.05, 0) is 37.1 Å². The fourth-order valence-electron chi connectivity index (χ4n) is 3.37. The molecular weight excluding hydrogens is 388 g/mol. The van der Waals surface area contributed by atoms with Crippen LogP contribution in [-0.4, -0.2) is 53.7 Å². The van der Waals surface area contributed by atoms with Gasteiger partial charge in [0.25, 0.3) is 0 Å². The smallest absolute Gasteiger partial charge is 0.145 e. The number of halogens is 1. The minimum absolute atomic E-state index is 0.0531. The van der Waals surface area contributed by atoms with E-state index in [4.69, 9.17) is 21.2 Å². The van der Waals surface area contributed by atoms with Crippen LogP contribution in [0.3, 0.4) is 0 Å². The lowest BCUT2D eigenvalue weighted by atomic mass is 10.0. The molecule has 0 amide bonds. The second-order valence-electron chi connectivity index (χ2n) is 7.70. The molecule has 3 rings (SSSR count). The molecule has 6 heteroatoms. The van der Waals surface area contributed by atoms with Crippen molar-refractivity contribution in [2.45, 2.75) is 45.1 Å². The highest BCUT2D eigenvalue weighted by Crippen LogP contribution is 2.19. The zero-order valence-corrected chi connectivity index (χ0v) is 17.8. The van der Waals surface area contributed by atoms with Crippen LogP contribution in [0.5, 0.6) is 0 Å². The predicted molar refractivity (Wildman–Crippen MR) is 116 cm³/mol. The normalized spacial score (nSPS) is 17.4. The number of aliphatic hydroxyl groups is 1. The SMILES string of the molecule is CC(C)OC[C@H](O)CN(Cc1cccc(Cl)c1)C[C@@H]1CC(c2ccccc2)=NO1. The van der Waals surface area contributed by atoms with E-state index in [1.165, 1.54) is 0 Å². The van der Waals surface area contributed by atoms with E-state index in [1.807, 2.05) is 68.4 Å². The highest BCUT2D eigenvalue weighted by molar-refractivity contribution is 6.30. The van der Waals surface area contributed by atoms with Crippen molar-refractivity contribution < 1.29 is 14.7 Å². The first-order chi connectivity index (χ1) is 14.0. The Morgan fingerprint density at radius 3 is 2.72 bits per heavy atom. The molecule has 0 radical (unpaired) electrons. The molecule has 0 unspecified atom stereocenters. The first kappa shape index (κ1) is 21.8. The summed E-state index contributed by atoms with van der Waals surface area (Å²) in [7, 11) is 0. The Morgan fingerprint density at radius 2 is 2.00 bits per heavy atom. The molecule has 156 valence electrons. The highest BCUT2D eigenvalue weighted by atomic mass is 35.5. The third-order valence-electron chi connectivity index (χ3n) is 4.69. The van der Waals surface area contributed by atoms with Gasteiger partial charge in [0.1, 0.15) is 6.10 Å². The number of benzene rings is 2. The van der Waals surface area contributed by atoms with E-state index in [1.54, 1.807) is 0 Å². The summed E-state index contributed by atoms with van der Waals surface area (Å²) in [5, 5.41) is 15.4. The lowest BCUT2D eigenvalue weighted by Crippen LogP contribution is -2.39. The lowest BCUT2D eigenvalue weighted by molar-refractivity contribution is -0.0194. The Hall–Kier alpha value is -1.92. The summed E-state index contributed by atoms with van der Waals surface area (Å²) < 4.78 is 5.57. The van der Waals surface area contributed by atoms with Crippen molar-refractivity contribution in [1.29, 1.82) is 0 Å². The first-order valence-electron chi connectivity index (χ1n) is 10.0. The Morgan fingerprint density at radius 1 is 1.21 bits per heavy atom. The molecule has 1 heterocycles. The molecule has 2 aromatic carbocycles. The summed E-state index contributed by atoms with van der Waals surface area (Å²) >= 11 is 6.14. The molecule has 2 aromatic rings. The number of hydrogen-bond acceptors (Lipinski definition) is 5. The van der Waals surface area contributed by atoms with Gasteiger partial charge in [-0.1, -0.05) is 59.2 Å². The number of aliphatic hydroxyl groups excluding tert-OH is 1. The highest BCUT2D eigenvalue weighted by Gasteiger charge is 2.25. The third-order valence-corrected chi connectivity index (χ3v) is 4.92. The molecule has 0 bridgehead atoms. The molecule has 0 aromatic heterocycles. The standard InChI is InChI=1S/C23H29ClN2O3/c1-17(2)28-16-21(27)14-26(13-18-7-6-10-20(24)11-18)15-22-12-23(25-29-22)19-8-4-3-5-9-19/h3-11,17,21-22,27H,12-16H2,1-2H3/t21-,22+/m1/s1. The molecule has 1 N–H and O–H groups in total. The van der Waals surface area contributed by atoms with Gasteiger partial charge in [0.15, 0.2) is 0 Å². The number of hydrogen-bond donors (Lipinski definition) is 1. The second kappa shape index (κ2) is 10.7. The van der Waals surface area contributed by atoms with Crippen molar-refractivity contribution in [2.24, 2.45) is 5.16 Å². The molecular formula is C23H29ClN2O3. The van der Waals surface area contributed by atoms with Crippen LogP contribution < -0.4 is 0 Å². The summed E-state index contributed by atoms with van der Waals surface area (Å²) in [5.41, 5.74) is 3.14. The lowest BCUT2D eigenvalue weighted by Gasteiger charge is -2.27. The molecule has 0 spiro atoms. The summed E-state index contributed by atoms with van der Waals surface area (Å²) in [6.45, 7) is 6.04. The Kier molecular flexibility index (Phi) is 8.07. The van der Waals surface area contributed by atoms with Crippen molar-refractivity contribution in [3.05, 3.63) is 70.7 Å². The van der Waals surface area contributed by atoms with E-state index < -0.39 is 6.10 Å². The zero-order chi connectivity index (χ0) is 20.6. The zero-order valence-electron chi connectivity index (χ0n) is 17.0. The molecule has 29 heavy (non-hydrogen) atoms. The minimum Gasteiger partial charge on any atom is -0.390 e. The van der Waals surface area contributed by atoms with E-state index in [-0.39, 0.29) is 12.2 Å². The van der Waals surface area contributed by atoms with Crippen LogP contribution in [0, 0.1) is 0 Å². The van der Waals surface area contributed by atoms with Crippen LogP contribution >= 0.6 is 11.6 Å². The van der Waals surface area contributed by atoms with Gasteiger partial charge in [0, 0.05) is 31.1 Å². The topological polar surface area (TPSA) is 54.3 Å². The monoisotopic (exact) mass is 416 g/mol. The van der Waals surface area contributed by atoms with Crippen molar-refractivity contribution in [3.8, 4) is 0 Å². The quantitative estimate of drug-likeness (QED) is 0.633. The van der Waals surface area contributed by atoms with E-state index in [0.717, 1.165) is 23.3 Å². The van der Waals surface area contributed by atoms with Crippen LogP contribution in [0.2, 0.25) is 5.02 Å². The summed E-state index contributed by atoms with van der Waals surface area (Å²) in [4.78, 5) is 7.87. The summed E-state index contributed by atoms with van der Waals surface area (Å²) in [5.74, 6) is 0. The summed E-state index contributed by atoms with van der Waals surface area (Å²) in [6, 6.07) is 17.9. The average Bonchev–Trinajstić information content (AvgIpc) is 3.15. The van der Waals surface area contributed by atoms with Gasteiger partial charge in [-0.15, -0.1) is 0 Å². The maximum atomic E-state index is 10.4. The average molecular weight is 417 g/mol. The number of nitrogens with zero attached hydrogens (tertiary/aromatic N) is 2. The number of ether oxygens (including phenoxy) is 1. The maximum absolute atomic E-state index is 10.4. The van der Waals surface area contributed by atoms with Crippen LogP contribution in [-0.2, 0) is 16.1 Å². The van der Waals surface area contributed by atoms with Gasteiger partial charge in [-0.25, -0.2) is 0 Å². The van der Waals surface area contributed by atoms with Crippen LogP contribution in [0.15, 0.2) is 59.8 Å². The number of rotatable bonds is 10. The van der Waals surface area contributed by atoms with E-state index in [2.05, 4.69) is 10.1 Å². The Labute approximate surface area is 177 Å². The van der Waals surface area contributed by atoms with Crippen molar-refractivity contribution >= 4 is 17.3 Å². The molecule has 5 nitrogen and oxygen atoms in total. The van der Waals surface area contributed by atoms with Gasteiger partial charge in [0.05, 0.1) is 24.5 Å². The van der Waals surface area contributed by atoms with Crippen molar-refractivity contribution in [3.63, 3.8) is 0 Å². The van der Waals surface area contributed by atoms with Gasteiger partial charge >= 0.3 is 0 Å². The van der Waals surface area contributed by atoms with Crippen molar-refractivity contribution in [2.75, 3.05) is 19.7 Å². The second-order valence-corrected chi connectivity index (χ2v) is 8.13. The van der Waals surface area contributed by atoms with E-state index >= 15 is 0 Å². The fourth-order valence-corrected chi connectivity index (χ4v) is 3.58. The van der Waals surface area contributed by atoms with Crippen LogP contribution in [0.25, 0.3) is 0 Å². The van der Waals surface area contributed by atoms with Gasteiger partial charge in [0.2, 0.25) is 0 Å². The molecule has 0 aliphatic carbocycles. The molecule has 0 fully saturated rings. The fraction of sp³-hybridized carbons (Fsp3) is 0.435. The number of oxime groups is 1. The molecule has 1 aliphatic heterocycles. The third kappa shape index (κ3) is 7.12. The largest absolute Gasteiger partial charge is 0.390 e. The molecule has 0 saturated heterocycles. The van der Waals surface area contributed by atoms with Gasteiger partial charge in [-0.3, -0.25) is 4.90 Å². The van der Waals surface area contributed by atoms with E-state index in [9.17, 15) is 5.11 Å². The summed E-state index contributed by atoms with van der Waals surface area (Å²) in [6.07, 6.45) is 0.204. The molecule has 1 aliphatic rings. The molecule has 2 atom stereocenters. The predicted octanol–water partition coefficient (Wildman–Crippen LogP) is 4.12. The maximum Gasteiger partial charge on any atom is 0.145 e. The van der Waals surface area contributed by atoms with E-state index in [0.29, 0.717) is 31.3 Å². The Balaban J connectivity index is 1.61.